The smallest absolute Gasteiger partial charge is 0.280 e. The number of halogens is 1. The monoisotopic (exact) mass is 355 g/mol. The number of rotatable bonds is 4. The van der Waals surface area contributed by atoms with E-state index in [1.54, 1.807) is 12.1 Å². The van der Waals surface area contributed by atoms with Crippen LogP contribution in [0, 0.1) is 13.8 Å². The van der Waals surface area contributed by atoms with Crippen LogP contribution in [-0.4, -0.2) is 20.9 Å². The minimum absolute atomic E-state index is 0.106. The van der Waals surface area contributed by atoms with E-state index in [0.717, 1.165) is 22.4 Å². The highest BCUT2D eigenvalue weighted by molar-refractivity contribution is 6.30. The molecule has 6 nitrogen and oxygen atoms in total. The summed E-state index contributed by atoms with van der Waals surface area (Å²) >= 11 is 5.88. The number of amides is 1. The molecule has 2 aromatic carbocycles. The minimum atomic E-state index is -0.381. The molecular weight excluding hydrogens is 338 g/mol. The SMILES string of the molecule is Cc1cccc(NC(=O)c2nnn(Cc3ccc(Cl)cc3)c2N)c1C. The highest BCUT2D eigenvalue weighted by Crippen LogP contribution is 2.20. The number of hydrogen-bond acceptors (Lipinski definition) is 4. The van der Waals surface area contributed by atoms with Crippen molar-refractivity contribution in [1.82, 2.24) is 15.0 Å². The lowest BCUT2D eigenvalue weighted by Crippen LogP contribution is -2.16. The lowest BCUT2D eigenvalue weighted by molar-refractivity contribution is 0.102. The maximum atomic E-state index is 12.5. The number of nitrogens with two attached hydrogens (primary N) is 1. The van der Waals surface area contributed by atoms with Gasteiger partial charge in [-0.05, 0) is 48.7 Å². The van der Waals surface area contributed by atoms with Gasteiger partial charge in [-0.25, -0.2) is 4.68 Å². The van der Waals surface area contributed by atoms with Crippen LogP contribution in [0.2, 0.25) is 5.02 Å². The molecule has 0 aliphatic heterocycles. The van der Waals surface area contributed by atoms with Crippen molar-refractivity contribution in [2.75, 3.05) is 11.1 Å². The first-order chi connectivity index (χ1) is 12.0. The fourth-order valence-electron chi connectivity index (χ4n) is 2.43. The Morgan fingerprint density at radius 2 is 1.92 bits per heavy atom. The Bertz CT molecular complexity index is 918. The third kappa shape index (κ3) is 3.64. The number of nitrogens with zero attached hydrogens (tertiary/aromatic N) is 3. The van der Waals surface area contributed by atoms with Crippen LogP contribution in [0.1, 0.15) is 27.2 Å². The molecule has 25 heavy (non-hydrogen) atoms. The van der Waals surface area contributed by atoms with Crippen LogP contribution in [0.25, 0.3) is 0 Å². The Hall–Kier alpha value is -2.86. The molecule has 1 heterocycles. The summed E-state index contributed by atoms with van der Waals surface area (Å²) in [5.74, 6) is -0.161. The predicted octanol–water partition coefficient (Wildman–Crippen LogP) is 3.43. The van der Waals surface area contributed by atoms with E-state index in [-0.39, 0.29) is 17.4 Å². The molecule has 0 atom stereocenters. The van der Waals surface area contributed by atoms with Crippen LogP contribution in [0.15, 0.2) is 42.5 Å². The van der Waals surface area contributed by atoms with E-state index < -0.39 is 0 Å². The van der Waals surface area contributed by atoms with Gasteiger partial charge in [-0.3, -0.25) is 4.79 Å². The van der Waals surface area contributed by atoms with Gasteiger partial charge in [0.2, 0.25) is 0 Å². The van der Waals surface area contributed by atoms with Crippen molar-refractivity contribution in [2.45, 2.75) is 20.4 Å². The van der Waals surface area contributed by atoms with E-state index in [1.807, 2.05) is 44.2 Å². The molecule has 1 aromatic heterocycles. The zero-order valence-corrected chi connectivity index (χ0v) is 14.7. The van der Waals surface area contributed by atoms with E-state index in [9.17, 15) is 4.79 Å². The van der Waals surface area contributed by atoms with Crippen LogP contribution in [0.3, 0.4) is 0 Å². The highest BCUT2D eigenvalue weighted by atomic mass is 35.5. The minimum Gasteiger partial charge on any atom is -0.382 e. The first-order valence-corrected chi connectivity index (χ1v) is 8.14. The fourth-order valence-corrected chi connectivity index (χ4v) is 2.56. The fraction of sp³-hybridized carbons (Fsp3) is 0.167. The Morgan fingerprint density at radius 1 is 1.20 bits per heavy atom. The van der Waals surface area contributed by atoms with Gasteiger partial charge in [-0.15, -0.1) is 5.10 Å². The number of carbonyl (C=O) groups excluding carboxylic acids is 1. The zero-order valence-electron chi connectivity index (χ0n) is 14.0. The summed E-state index contributed by atoms with van der Waals surface area (Å²) in [6, 6.07) is 13.0. The van der Waals surface area contributed by atoms with Crippen LogP contribution in [-0.2, 0) is 6.54 Å². The average molecular weight is 356 g/mol. The average Bonchev–Trinajstić information content (AvgIpc) is 2.95. The lowest BCUT2D eigenvalue weighted by atomic mass is 10.1. The van der Waals surface area contributed by atoms with E-state index in [0.29, 0.717) is 11.6 Å². The predicted molar refractivity (Wildman–Crippen MR) is 98.9 cm³/mol. The molecule has 0 aliphatic rings. The molecule has 0 fully saturated rings. The molecule has 0 unspecified atom stereocenters. The summed E-state index contributed by atoms with van der Waals surface area (Å²) in [4.78, 5) is 12.5. The molecule has 0 spiro atoms. The second-order valence-electron chi connectivity index (χ2n) is 5.81. The molecule has 1 amide bonds. The molecule has 0 saturated carbocycles. The molecular formula is C18H18ClN5O. The summed E-state index contributed by atoms with van der Waals surface area (Å²) in [5.41, 5.74) is 9.95. The van der Waals surface area contributed by atoms with Gasteiger partial charge < -0.3 is 11.1 Å². The molecule has 0 saturated heterocycles. The van der Waals surface area contributed by atoms with Crippen LogP contribution < -0.4 is 11.1 Å². The summed E-state index contributed by atoms with van der Waals surface area (Å²) in [5, 5.41) is 11.4. The number of benzene rings is 2. The van der Waals surface area contributed by atoms with Crippen molar-refractivity contribution < 1.29 is 4.79 Å². The molecule has 0 aliphatic carbocycles. The van der Waals surface area contributed by atoms with Crippen LogP contribution >= 0.6 is 11.6 Å². The topological polar surface area (TPSA) is 85.8 Å². The van der Waals surface area contributed by atoms with E-state index >= 15 is 0 Å². The third-order valence-corrected chi connectivity index (χ3v) is 4.34. The number of anilines is 2. The maximum Gasteiger partial charge on any atom is 0.280 e. The number of hydrogen-bond donors (Lipinski definition) is 2. The van der Waals surface area contributed by atoms with E-state index in [4.69, 9.17) is 17.3 Å². The standard InChI is InChI=1S/C18H18ClN5O/c1-11-4-3-5-15(12(11)2)21-18(25)16-17(20)24(23-22-16)10-13-6-8-14(19)9-7-13/h3-9H,10,20H2,1-2H3,(H,21,25). The highest BCUT2D eigenvalue weighted by Gasteiger charge is 2.18. The second kappa shape index (κ2) is 6.94. The zero-order chi connectivity index (χ0) is 18.0. The van der Waals surface area contributed by atoms with Gasteiger partial charge in [0.1, 0.15) is 0 Å². The number of nitrogens with one attached hydrogen (secondary N) is 1. The first-order valence-electron chi connectivity index (χ1n) is 7.76. The number of nitrogen functional groups attached to an aromatic ring is 1. The molecule has 128 valence electrons. The Labute approximate surface area is 150 Å². The second-order valence-corrected chi connectivity index (χ2v) is 6.25. The number of aromatic nitrogens is 3. The maximum absolute atomic E-state index is 12.5. The van der Waals surface area contributed by atoms with Crippen LogP contribution in [0.5, 0.6) is 0 Å². The molecule has 7 heteroatoms. The van der Waals surface area contributed by atoms with Gasteiger partial charge in [0.25, 0.3) is 5.91 Å². The summed E-state index contributed by atoms with van der Waals surface area (Å²) < 4.78 is 1.49. The molecule has 3 N–H and O–H groups in total. The largest absolute Gasteiger partial charge is 0.382 e. The summed E-state index contributed by atoms with van der Waals surface area (Å²) in [6.07, 6.45) is 0. The molecule has 3 aromatic rings. The van der Waals surface area contributed by atoms with Crippen molar-refractivity contribution in [3.05, 3.63) is 69.9 Å². The van der Waals surface area contributed by atoms with Gasteiger partial charge in [-0.1, -0.05) is 41.1 Å². The van der Waals surface area contributed by atoms with Crippen molar-refractivity contribution >= 4 is 29.0 Å². The van der Waals surface area contributed by atoms with E-state index in [1.165, 1.54) is 4.68 Å². The molecule has 0 bridgehead atoms. The summed E-state index contributed by atoms with van der Waals surface area (Å²) in [7, 11) is 0. The quantitative estimate of drug-likeness (QED) is 0.750. The van der Waals surface area contributed by atoms with Crippen molar-refractivity contribution in [2.24, 2.45) is 0 Å². The normalized spacial score (nSPS) is 10.7. The Balaban J connectivity index is 1.79. The lowest BCUT2D eigenvalue weighted by Gasteiger charge is -2.09. The van der Waals surface area contributed by atoms with Crippen LogP contribution in [0.4, 0.5) is 11.5 Å². The van der Waals surface area contributed by atoms with Gasteiger partial charge >= 0.3 is 0 Å². The van der Waals surface area contributed by atoms with E-state index in [2.05, 4.69) is 15.6 Å². The van der Waals surface area contributed by atoms with Gasteiger partial charge in [-0.2, -0.15) is 0 Å². The van der Waals surface area contributed by atoms with Crippen molar-refractivity contribution in [3.8, 4) is 0 Å². The van der Waals surface area contributed by atoms with Crippen molar-refractivity contribution in [3.63, 3.8) is 0 Å². The summed E-state index contributed by atoms with van der Waals surface area (Å²) in [6.45, 7) is 4.35. The third-order valence-electron chi connectivity index (χ3n) is 4.09. The van der Waals surface area contributed by atoms with Gasteiger partial charge in [0.15, 0.2) is 11.5 Å². The van der Waals surface area contributed by atoms with Gasteiger partial charge in [0.05, 0.1) is 6.54 Å². The Kier molecular flexibility index (Phi) is 4.72. The molecule has 0 radical (unpaired) electrons. The first kappa shape index (κ1) is 17.0. The number of carbonyl (C=O) groups is 1. The molecule has 3 rings (SSSR count). The van der Waals surface area contributed by atoms with Crippen molar-refractivity contribution in [1.29, 1.82) is 0 Å². The Morgan fingerprint density at radius 3 is 2.64 bits per heavy atom. The van der Waals surface area contributed by atoms with Gasteiger partial charge in [0, 0.05) is 10.7 Å². The number of aryl methyl sites for hydroxylation is 1.